The maximum Gasteiger partial charge on any atom is 0.282 e. The molecule has 1 saturated carbocycles. The van der Waals surface area contributed by atoms with Crippen LogP contribution in [-0.2, 0) is 16.6 Å². The van der Waals surface area contributed by atoms with Crippen LogP contribution in [0.3, 0.4) is 0 Å². The number of aryl methyl sites for hydroxylation is 1. The first-order valence-electron chi connectivity index (χ1n) is 11.5. The molecular formula is C26H23FN4O5S. The van der Waals surface area contributed by atoms with Crippen molar-refractivity contribution in [2.75, 3.05) is 0 Å². The summed E-state index contributed by atoms with van der Waals surface area (Å²) < 4.78 is 43.8. The van der Waals surface area contributed by atoms with Gasteiger partial charge in [-0.25, -0.2) is 17.5 Å². The van der Waals surface area contributed by atoms with E-state index in [2.05, 4.69) is 9.71 Å². The third-order valence-corrected chi connectivity index (χ3v) is 8.20. The first kappa shape index (κ1) is 24.4. The number of benzene rings is 2. The van der Waals surface area contributed by atoms with Crippen molar-refractivity contribution in [2.45, 2.75) is 31.6 Å². The molecule has 0 atom stereocenters. The molecule has 9 nitrogen and oxygen atoms in total. The van der Waals surface area contributed by atoms with Gasteiger partial charge < -0.3 is 15.3 Å². The summed E-state index contributed by atoms with van der Waals surface area (Å²) in [6, 6.07) is 12.0. The van der Waals surface area contributed by atoms with Crippen LogP contribution < -0.4 is 16.0 Å². The van der Waals surface area contributed by atoms with Crippen LogP contribution in [0.4, 0.5) is 4.39 Å². The molecule has 37 heavy (non-hydrogen) atoms. The summed E-state index contributed by atoms with van der Waals surface area (Å²) in [6.07, 6.45) is 2.33. The van der Waals surface area contributed by atoms with E-state index in [-0.39, 0.29) is 34.5 Å². The minimum Gasteiger partial charge on any atom is -0.366 e. The van der Waals surface area contributed by atoms with Gasteiger partial charge in [0.05, 0.1) is 11.8 Å². The van der Waals surface area contributed by atoms with E-state index in [1.54, 1.807) is 24.3 Å². The van der Waals surface area contributed by atoms with Crippen molar-refractivity contribution in [2.24, 2.45) is 5.73 Å². The Balaban J connectivity index is 1.80. The Morgan fingerprint density at radius 1 is 1.16 bits per heavy atom. The molecule has 11 heteroatoms. The fourth-order valence-electron chi connectivity index (χ4n) is 4.42. The van der Waals surface area contributed by atoms with E-state index in [4.69, 9.17) is 5.73 Å². The van der Waals surface area contributed by atoms with Gasteiger partial charge in [0.2, 0.25) is 15.9 Å². The summed E-state index contributed by atoms with van der Waals surface area (Å²) in [5.41, 5.74) is 6.58. The Labute approximate surface area is 211 Å². The second kappa shape index (κ2) is 9.00. The second-order valence-corrected chi connectivity index (χ2v) is 11.1. The monoisotopic (exact) mass is 522 g/mol. The van der Waals surface area contributed by atoms with E-state index >= 15 is 0 Å². The van der Waals surface area contributed by atoms with Gasteiger partial charge in [-0.05, 0) is 62.2 Å². The van der Waals surface area contributed by atoms with E-state index < -0.39 is 38.5 Å². The first-order valence-corrected chi connectivity index (χ1v) is 13.1. The van der Waals surface area contributed by atoms with Gasteiger partial charge in [-0.3, -0.25) is 14.4 Å². The van der Waals surface area contributed by atoms with E-state index in [1.807, 2.05) is 6.92 Å². The Morgan fingerprint density at radius 3 is 2.59 bits per heavy atom. The minimum atomic E-state index is -3.94. The maximum atomic E-state index is 14.9. The molecule has 0 bridgehead atoms. The Bertz CT molecular complexity index is 1750. The zero-order valence-corrected chi connectivity index (χ0v) is 20.6. The number of nitrogens with zero attached hydrogens (tertiary/aromatic N) is 1. The number of amides is 2. The number of carbonyl (C=O) groups excluding carboxylic acids is 2. The van der Waals surface area contributed by atoms with Crippen LogP contribution in [0.5, 0.6) is 0 Å². The van der Waals surface area contributed by atoms with E-state index in [0.29, 0.717) is 23.7 Å². The van der Waals surface area contributed by atoms with Crippen molar-refractivity contribution in [3.63, 3.8) is 0 Å². The largest absolute Gasteiger partial charge is 0.366 e. The number of aromatic nitrogens is 2. The van der Waals surface area contributed by atoms with Crippen molar-refractivity contribution in [3.05, 3.63) is 93.3 Å². The molecule has 1 aliphatic carbocycles. The smallest absolute Gasteiger partial charge is 0.282 e. The molecule has 0 radical (unpaired) electrons. The molecule has 2 aromatic carbocycles. The molecule has 1 fully saturated rings. The third-order valence-electron chi connectivity index (χ3n) is 6.38. The van der Waals surface area contributed by atoms with Crippen LogP contribution in [0.1, 0.15) is 44.8 Å². The average Bonchev–Trinajstić information content (AvgIpc) is 3.65. The number of H-pyrrole nitrogens is 1. The van der Waals surface area contributed by atoms with Gasteiger partial charge in [-0.2, -0.15) is 0 Å². The molecule has 0 spiro atoms. The summed E-state index contributed by atoms with van der Waals surface area (Å²) in [5.74, 6) is -2.33. The van der Waals surface area contributed by atoms with Crippen molar-refractivity contribution < 1.29 is 22.4 Å². The number of halogens is 1. The maximum absolute atomic E-state index is 14.9. The molecule has 1 aliphatic rings. The lowest BCUT2D eigenvalue weighted by atomic mass is 10.0. The standard InChI is InChI=1S/C26H23FN4O5S/c1-14-4-9-21-19(11-14)22(18-3-2-10-29-25(18)33)23(26(34)30-37(35,36)17-6-7-17)31(21)13-16-12-15(24(28)32)5-8-20(16)27/h2-5,8-12,17H,6-7,13H2,1H3,(H2,28,32)(H,29,33)(H,30,34). The van der Waals surface area contributed by atoms with E-state index in [1.165, 1.54) is 29.0 Å². The molecule has 4 N–H and O–H groups in total. The lowest BCUT2D eigenvalue weighted by Gasteiger charge is -2.14. The van der Waals surface area contributed by atoms with Gasteiger partial charge >= 0.3 is 0 Å². The first-order chi connectivity index (χ1) is 17.6. The van der Waals surface area contributed by atoms with Crippen LogP contribution in [0.2, 0.25) is 0 Å². The highest BCUT2D eigenvalue weighted by Crippen LogP contribution is 2.36. The highest BCUT2D eigenvalue weighted by molar-refractivity contribution is 7.91. The number of primary amides is 1. The van der Waals surface area contributed by atoms with Crippen LogP contribution in [0.25, 0.3) is 22.0 Å². The number of pyridine rings is 1. The summed E-state index contributed by atoms with van der Waals surface area (Å²) in [7, 11) is -3.94. The number of fused-ring (bicyclic) bond motifs is 1. The molecule has 2 aromatic heterocycles. The number of hydrogen-bond donors (Lipinski definition) is 3. The molecule has 190 valence electrons. The minimum absolute atomic E-state index is 0.0568. The molecule has 2 amide bonds. The van der Waals surface area contributed by atoms with E-state index in [9.17, 15) is 27.2 Å². The van der Waals surface area contributed by atoms with Gasteiger partial charge in [0.25, 0.3) is 11.5 Å². The second-order valence-electron chi connectivity index (χ2n) is 9.09. The van der Waals surface area contributed by atoms with Crippen LogP contribution in [0.15, 0.2) is 59.5 Å². The lowest BCUT2D eigenvalue weighted by Crippen LogP contribution is -2.35. The molecular weight excluding hydrogens is 499 g/mol. The van der Waals surface area contributed by atoms with Gasteiger partial charge in [0, 0.05) is 39.4 Å². The summed E-state index contributed by atoms with van der Waals surface area (Å²) in [4.78, 5) is 40.8. The number of sulfonamides is 1. The molecule has 0 unspecified atom stereocenters. The normalized spacial score (nSPS) is 13.6. The fraction of sp³-hybridized carbons (Fsp3) is 0.192. The lowest BCUT2D eigenvalue weighted by molar-refractivity contribution is 0.0970. The molecule has 5 rings (SSSR count). The van der Waals surface area contributed by atoms with Gasteiger partial charge in [-0.1, -0.05) is 11.6 Å². The van der Waals surface area contributed by atoms with Gasteiger partial charge in [0.1, 0.15) is 11.5 Å². The summed E-state index contributed by atoms with van der Waals surface area (Å²) in [6.45, 7) is 1.60. The van der Waals surface area contributed by atoms with Crippen LogP contribution >= 0.6 is 0 Å². The highest BCUT2D eigenvalue weighted by atomic mass is 32.2. The topological polar surface area (TPSA) is 144 Å². The van der Waals surface area contributed by atoms with Gasteiger partial charge in [0.15, 0.2) is 0 Å². The predicted molar refractivity (Wildman–Crippen MR) is 136 cm³/mol. The van der Waals surface area contributed by atoms with Crippen molar-refractivity contribution in [1.29, 1.82) is 0 Å². The van der Waals surface area contributed by atoms with Crippen molar-refractivity contribution in [3.8, 4) is 11.1 Å². The third kappa shape index (κ3) is 4.53. The molecule has 0 saturated heterocycles. The highest BCUT2D eigenvalue weighted by Gasteiger charge is 2.38. The van der Waals surface area contributed by atoms with Crippen LogP contribution in [-0.4, -0.2) is 35.0 Å². The van der Waals surface area contributed by atoms with E-state index in [0.717, 1.165) is 11.6 Å². The zero-order chi connectivity index (χ0) is 26.5. The molecule has 4 aromatic rings. The number of hydrogen-bond acceptors (Lipinski definition) is 5. The number of rotatable bonds is 7. The Morgan fingerprint density at radius 2 is 1.92 bits per heavy atom. The molecule has 0 aliphatic heterocycles. The summed E-state index contributed by atoms with van der Waals surface area (Å²) in [5, 5.41) is -0.151. The van der Waals surface area contributed by atoms with Crippen LogP contribution in [0, 0.1) is 12.7 Å². The number of aromatic amines is 1. The number of carbonyl (C=O) groups is 2. The Hall–Kier alpha value is -4.25. The average molecular weight is 523 g/mol. The van der Waals surface area contributed by atoms with Crippen molar-refractivity contribution >= 4 is 32.7 Å². The van der Waals surface area contributed by atoms with Crippen molar-refractivity contribution in [1.82, 2.24) is 14.3 Å². The summed E-state index contributed by atoms with van der Waals surface area (Å²) >= 11 is 0. The molecule has 2 heterocycles. The quantitative estimate of drug-likeness (QED) is 0.342. The predicted octanol–water partition coefficient (Wildman–Crippen LogP) is 2.81. The number of nitrogens with one attached hydrogen (secondary N) is 2. The van der Waals surface area contributed by atoms with Gasteiger partial charge in [-0.15, -0.1) is 0 Å². The zero-order valence-electron chi connectivity index (χ0n) is 19.7. The fourth-order valence-corrected chi connectivity index (χ4v) is 5.70. The number of nitrogens with two attached hydrogens (primary N) is 1. The Kier molecular flexibility index (Phi) is 5.95. The SMILES string of the molecule is Cc1ccc2c(c1)c(-c1ccc[nH]c1=O)c(C(=O)NS(=O)(=O)C1CC1)n2Cc1cc(C(N)=O)ccc1F.